The van der Waals surface area contributed by atoms with Crippen molar-refractivity contribution in [1.82, 2.24) is 9.88 Å². The Kier molecular flexibility index (Phi) is 1.62. The van der Waals surface area contributed by atoms with Gasteiger partial charge in [-0.15, -0.1) is 0 Å². The summed E-state index contributed by atoms with van der Waals surface area (Å²) in [6, 6.07) is 5.17. The summed E-state index contributed by atoms with van der Waals surface area (Å²) in [5.74, 6) is 0. The Balaban J connectivity index is 1.85. The second-order valence-electron chi connectivity index (χ2n) is 4.06. The van der Waals surface area contributed by atoms with Crippen molar-refractivity contribution in [3.05, 3.63) is 29.6 Å². The number of aromatic nitrogens is 1. The van der Waals surface area contributed by atoms with Crippen molar-refractivity contribution in [2.45, 2.75) is 31.8 Å². The van der Waals surface area contributed by atoms with Crippen molar-refractivity contribution >= 4 is 0 Å². The minimum atomic E-state index is 0.897. The number of pyridine rings is 1. The second-order valence-corrected chi connectivity index (χ2v) is 4.06. The van der Waals surface area contributed by atoms with Crippen LogP contribution < -0.4 is 0 Å². The summed E-state index contributed by atoms with van der Waals surface area (Å²) in [5, 5.41) is 0. The molecule has 1 saturated carbocycles. The summed E-state index contributed by atoms with van der Waals surface area (Å²) in [5.41, 5.74) is 2.76. The predicted octanol–water partition coefficient (Wildman–Crippen LogP) is 1.60. The molecule has 2 heterocycles. The lowest BCUT2D eigenvalue weighted by atomic mass is 10.1. The van der Waals surface area contributed by atoms with E-state index in [9.17, 15) is 0 Å². The molecular formula is C11H14N2. The third kappa shape index (κ3) is 1.35. The molecule has 68 valence electrons. The molecule has 2 heteroatoms. The van der Waals surface area contributed by atoms with E-state index < -0.39 is 0 Å². The van der Waals surface area contributed by atoms with Crippen LogP contribution in [-0.4, -0.2) is 22.5 Å². The van der Waals surface area contributed by atoms with Crippen LogP contribution >= 0.6 is 0 Å². The van der Waals surface area contributed by atoms with Crippen LogP contribution in [-0.2, 0) is 13.0 Å². The normalized spacial score (nSPS) is 22.8. The molecule has 0 radical (unpaired) electrons. The number of rotatable bonds is 1. The molecule has 0 bridgehead atoms. The molecule has 0 saturated heterocycles. The quantitative estimate of drug-likeness (QED) is 0.643. The van der Waals surface area contributed by atoms with Gasteiger partial charge >= 0.3 is 0 Å². The lowest BCUT2D eigenvalue weighted by molar-refractivity contribution is 0.241. The maximum absolute atomic E-state index is 4.41. The highest BCUT2D eigenvalue weighted by Crippen LogP contribution is 2.30. The van der Waals surface area contributed by atoms with Gasteiger partial charge in [0.1, 0.15) is 0 Å². The summed E-state index contributed by atoms with van der Waals surface area (Å²) in [4.78, 5) is 7.01. The van der Waals surface area contributed by atoms with Crippen LogP contribution in [0.3, 0.4) is 0 Å². The van der Waals surface area contributed by atoms with Crippen molar-refractivity contribution in [3.8, 4) is 0 Å². The molecular weight excluding hydrogens is 160 g/mol. The van der Waals surface area contributed by atoms with E-state index in [1.54, 1.807) is 0 Å². The first-order chi connectivity index (χ1) is 6.43. The summed E-state index contributed by atoms with van der Waals surface area (Å²) in [7, 11) is 0. The van der Waals surface area contributed by atoms with Crippen LogP contribution in [0.2, 0.25) is 0 Å². The molecule has 0 N–H and O–H groups in total. The molecule has 0 unspecified atom stereocenters. The fourth-order valence-corrected chi connectivity index (χ4v) is 2.14. The largest absolute Gasteiger partial charge is 0.296 e. The van der Waals surface area contributed by atoms with Crippen LogP contribution in [0.4, 0.5) is 0 Å². The van der Waals surface area contributed by atoms with Gasteiger partial charge in [0.2, 0.25) is 0 Å². The van der Waals surface area contributed by atoms with E-state index in [0.29, 0.717) is 0 Å². The third-order valence-electron chi connectivity index (χ3n) is 3.06. The standard InChI is InChI=1S/C11H14N2/c1-2-9-8-13(10-3-4-10)7-5-11(9)12-6-1/h1-2,6,10H,3-5,7-8H2. The minimum Gasteiger partial charge on any atom is -0.296 e. The summed E-state index contributed by atoms with van der Waals surface area (Å²) < 4.78 is 0. The number of nitrogens with zero attached hydrogens (tertiary/aromatic N) is 2. The van der Waals surface area contributed by atoms with Gasteiger partial charge in [-0.2, -0.15) is 0 Å². The zero-order valence-corrected chi connectivity index (χ0v) is 7.74. The van der Waals surface area contributed by atoms with Crippen LogP contribution in [0.1, 0.15) is 24.1 Å². The third-order valence-corrected chi connectivity index (χ3v) is 3.06. The van der Waals surface area contributed by atoms with E-state index in [-0.39, 0.29) is 0 Å². The fraction of sp³-hybridized carbons (Fsp3) is 0.545. The van der Waals surface area contributed by atoms with Gasteiger partial charge in [-0.1, -0.05) is 6.07 Å². The van der Waals surface area contributed by atoms with Crippen LogP contribution in [0, 0.1) is 0 Å². The molecule has 1 aliphatic heterocycles. The monoisotopic (exact) mass is 174 g/mol. The first-order valence-corrected chi connectivity index (χ1v) is 5.10. The minimum absolute atomic E-state index is 0.897. The molecule has 2 aliphatic rings. The van der Waals surface area contributed by atoms with Crippen molar-refractivity contribution in [3.63, 3.8) is 0 Å². The molecule has 0 aromatic carbocycles. The van der Waals surface area contributed by atoms with E-state index in [0.717, 1.165) is 19.0 Å². The van der Waals surface area contributed by atoms with Crippen molar-refractivity contribution in [2.24, 2.45) is 0 Å². The molecule has 0 amide bonds. The van der Waals surface area contributed by atoms with Gasteiger partial charge in [0.25, 0.3) is 0 Å². The molecule has 2 nitrogen and oxygen atoms in total. The van der Waals surface area contributed by atoms with E-state index >= 15 is 0 Å². The van der Waals surface area contributed by atoms with Gasteiger partial charge in [-0.3, -0.25) is 9.88 Å². The zero-order chi connectivity index (χ0) is 8.67. The fourth-order valence-electron chi connectivity index (χ4n) is 2.14. The van der Waals surface area contributed by atoms with Gasteiger partial charge < -0.3 is 0 Å². The number of hydrogen-bond donors (Lipinski definition) is 0. The highest BCUT2D eigenvalue weighted by Gasteiger charge is 2.31. The summed E-state index contributed by atoms with van der Waals surface area (Å²) in [6.07, 6.45) is 5.88. The average molecular weight is 174 g/mol. The molecule has 0 spiro atoms. The molecule has 1 aromatic rings. The molecule has 1 aromatic heterocycles. The second kappa shape index (κ2) is 2.81. The maximum Gasteiger partial charge on any atom is 0.0461 e. The molecule has 0 atom stereocenters. The Morgan fingerprint density at radius 3 is 3.15 bits per heavy atom. The highest BCUT2D eigenvalue weighted by molar-refractivity contribution is 5.22. The lowest BCUT2D eigenvalue weighted by Gasteiger charge is -2.27. The first kappa shape index (κ1) is 7.51. The van der Waals surface area contributed by atoms with Crippen LogP contribution in [0.5, 0.6) is 0 Å². The number of fused-ring (bicyclic) bond motifs is 1. The van der Waals surface area contributed by atoms with E-state index in [1.807, 2.05) is 6.20 Å². The van der Waals surface area contributed by atoms with Crippen LogP contribution in [0.25, 0.3) is 0 Å². The van der Waals surface area contributed by atoms with E-state index in [4.69, 9.17) is 0 Å². The molecule has 13 heavy (non-hydrogen) atoms. The smallest absolute Gasteiger partial charge is 0.0461 e. The first-order valence-electron chi connectivity index (χ1n) is 5.10. The molecule has 1 fully saturated rings. The maximum atomic E-state index is 4.41. The van der Waals surface area contributed by atoms with E-state index in [1.165, 1.54) is 30.6 Å². The number of hydrogen-bond acceptors (Lipinski definition) is 2. The Labute approximate surface area is 78.6 Å². The van der Waals surface area contributed by atoms with Crippen molar-refractivity contribution < 1.29 is 0 Å². The van der Waals surface area contributed by atoms with Gasteiger partial charge in [0, 0.05) is 37.4 Å². The van der Waals surface area contributed by atoms with Gasteiger partial charge in [0.05, 0.1) is 0 Å². The Bertz CT molecular complexity index is 318. The topological polar surface area (TPSA) is 16.1 Å². The van der Waals surface area contributed by atoms with Gasteiger partial charge in [-0.05, 0) is 24.5 Å². The summed E-state index contributed by atoms with van der Waals surface area (Å²) in [6.45, 7) is 2.35. The summed E-state index contributed by atoms with van der Waals surface area (Å²) >= 11 is 0. The molecule has 1 aliphatic carbocycles. The zero-order valence-electron chi connectivity index (χ0n) is 7.74. The SMILES string of the molecule is c1cnc2c(c1)CN(C1CC1)CC2. The Hall–Kier alpha value is -0.890. The Morgan fingerprint density at radius 2 is 2.31 bits per heavy atom. The predicted molar refractivity (Wildman–Crippen MR) is 51.4 cm³/mol. The highest BCUT2D eigenvalue weighted by atomic mass is 15.2. The average Bonchev–Trinajstić information content (AvgIpc) is 3.00. The van der Waals surface area contributed by atoms with Crippen molar-refractivity contribution in [2.75, 3.05) is 6.54 Å². The van der Waals surface area contributed by atoms with Gasteiger partial charge in [-0.25, -0.2) is 0 Å². The Morgan fingerprint density at radius 1 is 1.38 bits per heavy atom. The molecule has 3 rings (SSSR count). The van der Waals surface area contributed by atoms with Crippen molar-refractivity contribution in [1.29, 1.82) is 0 Å². The van der Waals surface area contributed by atoms with Crippen LogP contribution in [0.15, 0.2) is 18.3 Å². The van der Waals surface area contributed by atoms with Gasteiger partial charge in [0.15, 0.2) is 0 Å². The lowest BCUT2D eigenvalue weighted by Crippen LogP contribution is -2.32. The van der Waals surface area contributed by atoms with E-state index in [2.05, 4.69) is 22.0 Å².